The Morgan fingerprint density at radius 1 is 0.767 bits per heavy atom. The molecule has 30 heavy (non-hydrogen) atoms. The fourth-order valence-corrected chi connectivity index (χ4v) is 2.81. The second-order valence-electron chi connectivity index (χ2n) is 7.56. The van der Waals surface area contributed by atoms with E-state index in [2.05, 4.69) is 13.8 Å². The third kappa shape index (κ3) is 8.15. The van der Waals surface area contributed by atoms with Crippen molar-refractivity contribution in [1.82, 2.24) is 0 Å². The Bertz CT molecular complexity index is 719. The molecule has 6 heteroatoms. The van der Waals surface area contributed by atoms with Gasteiger partial charge in [0.2, 0.25) is 0 Å². The molecular weight excluding hydrogens is 404 g/mol. The van der Waals surface area contributed by atoms with Crippen LogP contribution in [0.1, 0.15) is 27.2 Å². The predicted molar refractivity (Wildman–Crippen MR) is 120 cm³/mol. The molecule has 166 valence electrons. The summed E-state index contributed by atoms with van der Waals surface area (Å²) < 4.78 is 16.9. The van der Waals surface area contributed by atoms with Crippen molar-refractivity contribution >= 4 is 11.6 Å². The molecule has 4 unspecified atom stereocenters. The molecule has 0 radical (unpaired) electrons. The molecule has 0 fully saturated rings. The number of rotatable bonds is 13. The van der Waals surface area contributed by atoms with Crippen molar-refractivity contribution < 1.29 is 24.4 Å². The highest BCUT2D eigenvalue weighted by molar-refractivity contribution is 6.18. The van der Waals surface area contributed by atoms with Crippen molar-refractivity contribution in [3.8, 4) is 22.6 Å². The fourth-order valence-electron chi connectivity index (χ4n) is 2.72. The minimum Gasteiger partial charge on any atom is -0.491 e. The van der Waals surface area contributed by atoms with Gasteiger partial charge in [0.05, 0.1) is 18.6 Å². The molecule has 0 aliphatic carbocycles. The largest absolute Gasteiger partial charge is 0.491 e. The first-order valence-corrected chi connectivity index (χ1v) is 11.0. The van der Waals surface area contributed by atoms with Crippen LogP contribution in [-0.4, -0.2) is 54.2 Å². The number of halogens is 1. The van der Waals surface area contributed by atoms with Gasteiger partial charge < -0.3 is 24.4 Å². The Balaban J connectivity index is 1.80. The van der Waals surface area contributed by atoms with Crippen LogP contribution in [0.4, 0.5) is 0 Å². The Kier molecular flexibility index (Phi) is 10.4. The topological polar surface area (TPSA) is 68.2 Å². The van der Waals surface area contributed by atoms with Gasteiger partial charge in [-0.05, 0) is 48.2 Å². The highest BCUT2D eigenvalue weighted by Crippen LogP contribution is 2.25. The molecule has 0 saturated carbocycles. The molecule has 0 heterocycles. The molecule has 2 rings (SSSR count). The number of hydrogen-bond donors (Lipinski definition) is 2. The summed E-state index contributed by atoms with van der Waals surface area (Å²) in [4.78, 5) is 0. The summed E-state index contributed by atoms with van der Waals surface area (Å²) in [5.74, 6) is 1.99. The molecule has 0 aliphatic rings. The molecule has 4 atom stereocenters. The van der Waals surface area contributed by atoms with Crippen LogP contribution < -0.4 is 9.47 Å². The maximum Gasteiger partial charge on any atom is 0.119 e. The third-order valence-electron chi connectivity index (χ3n) is 5.10. The van der Waals surface area contributed by atoms with E-state index in [1.165, 1.54) is 0 Å². The van der Waals surface area contributed by atoms with Crippen molar-refractivity contribution in [3.63, 3.8) is 0 Å². The van der Waals surface area contributed by atoms with Gasteiger partial charge in [0.1, 0.15) is 36.9 Å². The number of aliphatic hydroxyl groups excluding tert-OH is 2. The number of ether oxygens (including phenoxy) is 3. The maximum absolute atomic E-state index is 10.1. The smallest absolute Gasteiger partial charge is 0.119 e. The zero-order valence-electron chi connectivity index (χ0n) is 18.0. The summed E-state index contributed by atoms with van der Waals surface area (Å²) >= 11 is 5.56. The molecule has 5 nitrogen and oxygen atoms in total. The third-order valence-corrected chi connectivity index (χ3v) is 5.46. The van der Waals surface area contributed by atoms with Gasteiger partial charge in [0, 0.05) is 0 Å². The first kappa shape index (κ1) is 24.5. The van der Waals surface area contributed by atoms with Crippen LogP contribution in [0.25, 0.3) is 11.1 Å². The van der Waals surface area contributed by atoms with Crippen LogP contribution in [0.3, 0.4) is 0 Å². The Morgan fingerprint density at radius 3 is 1.67 bits per heavy atom. The minimum absolute atomic E-state index is 0.117. The SMILES string of the molecule is CCC(C)C(C)OCC(O)COc1ccc(-c2ccc(OCC(O)CCl)cc2)cc1. The highest BCUT2D eigenvalue weighted by atomic mass is 35.5. The molecule has 0 bridgehead atoms. The molecular formula is C24H33ClO5. The molecule has 0 spiro atoms. The van der Waals surface area contributed by atoms with E-state index in [9.17, 15) is 10.2 Å². The number of benzene rings is 2. The maximum atomic E-state index is 10.1. The Labute approximate surface area is 184 Å². The summed E-state index contributed by atoms with van der Waals surface area (Å²) in [5, 5.41) is 19.5. The van der Waals surface area contributed by atoms with Crippen molar-refractivity contribution in [2.45, 2.75) is 45.5 Å². The predicted octanol–water partition coefficient (Wildman–Crippen LogP) is 4.52. The fraction of sp³-hybridized carbons (Fsp3) is 0.500. The molecule has 0 aromatic heterocycles. The summed E-state index contributed by atoms with van der Waals surface area (Å²) in [6, 6.07) is 15.3. The summed E-state index contributed by atoms with van der Waals surface area (Å²) in [7, 11) is 0. The van der Waals surface area contributed by atoms with Crippen molar-refractivity contribution in [1.29, 1.82) is 0 Å². The standard InChI is InChI=1S/C24H33ClO5/c1-4-17(2)18(3)28-15-22(27)16-30-24-11-7-20(8-12-24)19-5-9-23(10-6-19)29-14-21(26)13-25/h5-12,17-18,21-22,26-27H,4,13-16H2,1-3H3. The lowest BCUT2D eigenvalue weighted by Gasteiger charge is -2.21. The molecule has 2 aromatic carbocycles. The van der Waals surface area contributed by atoms with Crippen molar-refractivity contribution in [2.75, 3.05) is 25.7 Å². The average molecular weight is 437 g/mol. The highest BCUT2D eigenvalue weighted by Gasteiger charge is 2.13. The van der Waals surface area contributed by atoms with E-state index in [1.807, 2.05) is 55.5 Å². The monoisotopic (exact) mass is 436 g/mol. The van der Waals surface area contributed by atoms with Gasteiger partial charge in [-0.15, -0.1) is 11.6 Å². The number of alkyl halides is 1. The minimum atomic E-state index is -0.674. The number of aliphatic hydroxyl groups is 2. The second-order valence-corrected chi connectivity index (χ2v) is 7.87. The van der Waals surface area contributed by atoms with Crippen LogP contribution >= 0.6 is 11.6 Å². The summed E-state index contributed by atoms with van der Waals surface area (Å²) in [6.45, 7) is 6.92. The summed E-state index contributed by atoms with van der Waals surface area (Å²) in [6.07, 6.45) is -0.174. The lowest BCUT2D eigenvalue weighted by Crippen LogP contribution is -2.28. The van der Waals surface area contributed by atoms with Crippen molar-refractivity contribution in [2.24, 2.45) is 5.92 Å². The first-order chi connectivity index (χ1) is 14.4. The van der Waals surface area contributed by atoms with Gasteiger partial charge in [0.25, 0.3) is 0 Å². The van der Waals surface area contributed by atoms with Gasteiger partial charge in [-0.2, -0.15) is 0 Å². The Morgan fingerprint density at radius 2 is 1.23 bits per heavy atom. The van der Waals surface area contributed by atoms with E-state index in [-0.39, 0.29) is 31.8 Å². The molecule has 0 saturated heterocycles. The Hall–Kier alpha value is -1.79. The zero-order chi connectivity index (χ0) is 21.9. The van der Waals surface area contributed by atoms with Crippen LogP contribution in [0, 0.1) is 5.92 Å². The van der Waals surface area contributed by atoms with Gasteiger partial charge in [-0.25, -0.2) is 0 Å². The van der Waals surface area contributed by atoms with Crippen LogP contribution in [-0.2, 0) is 4.74 Å². The van der Waals surface area contributed by atoms with Crippen molar-refractivity contribution in [3.05, 3.63) is 48.5 Å². The van der Waals surface area contributed by atoms with Crippen LogP contribution in [0.15, 0.2) is 48.5 Å². The second kappa shape index (κ2) is 12.8. The number of hydrogen-bond acceptors (Lipinski definition) is 5. The lowest BCUT2D eigenvalue weighted by molar-refractivity contribution is -0.0362. The van der Waals surface area contributed by atoms with E-state index in [0.29, 0.717) is 17.4 Å². The van der Waals surface area contributed by atoms with E-state index in [1.54, 1.807) is 0 Å². The quantitative estimate of drug-likeness (QED) is 0.452. The average Bonchev–Trinajstić information content (AvgIpc) is 2.79. The zero-order valence-corrected chi connectivity index (χ0v) is 18.7. The molecule has 0 aliphatic heterocycles. The molecule has 2 aromatic rings. The van der Waals surface area contributed by atoms with Gasteiger partial charge in [-0.3, -0.25) is 0 Å². The van der Waals surface area contributed by atoms with Crippen LogP contribution in [0.5, 0.6) is 11.5 Å². The van der Waals surface area contributed by atoms with E-state index >= 15 is 0 Å². The normalized spacial score (nSPS) is 15.3. The van der Waals surface area contributed by atoms with Gasteiger partial charge in [0.15, 0.2) is 0 Å². The van der Waals surface area contributed by atoms with E-state index in [0.717, 1.165) is 17.5 Å². The molecule has 0 amide bonds. The van der Waals surface area contributed by atoms with E-state index < -0.39 is 12.2 Å². The van der Waals surface area contributed by atoms with Gasteiger partial charge >= 0.3 is 0 Å². The van der Waals surface area contributed by atoms with Gasteiger partial charge in [-0.1, -0.05) is 44.5 Å². The molecule has 2 N–H and O–H groups in total. The lowest BCUT2D eigenvalue weighted by atomic mass is 10.0. The summed E-state index contributed by atoms with van der Waals surface area (Å²) in [5.41, 5.74) is 2.08. The van der Waals surface area contributed by atoms with E-state index in [4.69, 9.17) is 25.8 Å². The first-order valence-electron chi connectivity index (χ1n) is 10.4. The van der Waals surface area contributed by atoms with Crippen LogP contribution in [0.2, 0.25) is 0 Å².